The lowest BCUT2D eigenvalue weighted by Crippen LogP contribution is -2.36. The van der Waals surface area contributed by atoms with E-state index in [4.69, 9.17) is 0 Å². The highest BCUT2D eigenvalue weighted by Gasteiger charge is 2.30. The first kappa shape index (κ1) is 18.1. The van der Waals surface area contributed by atoms with E-state index in [1.807, 2.05) is 38.3 Å². The van der Waals surface area contributed by atoms with Crippen LogP contribution in [-0.4, -0.2) is 10.8 Å². The van der Waals surface area contributed by atoms with Crippen LogP contribution in [0.5, 0.6) is 0 Å². The number of hydrogen-bond donors (Lipinski definition) is 1. The normalized spacial score (nSPS) is 12.7. The SMILES string of the molecule is Cc1c(F)cc(C(=O)NC(c2cccs2)C(C)(C)C)cc1[N+](=O)[O-]. The van der Waals surface area contributed by atoms with Crippen molar-refractivity contribution in [2.45, 2.75) is 33.7 Å². The molecule has 1 unspecified atom stereocenters. The van der Waals surface area contributed by atoms with Crippen molar-refractivity contribution in [2.75, 3.05) is 0 Å². The molecule has 1 heterocycles. The first-order valence-electron chi connectivity index (χ1n) is 7.40. The maximum atomic E-state index is 13.9. The number of nitro benzene ring substituents is 1. The molecule has 7 heteroatoms. The summed E-state index contributed by atoms with van der Waals surface area (Å²) in [4.78, 5) is 23.9. The third kappa shape index (κ3) is 3.79. The molecule has 0 aliphatic carbocycles. The molecule has 1 aromatic carbocycles. The predicted molar refractivity (Wildman–Crippen MR) is 91.8 cm³/mol. The molecule has 0 bridgehead atoms. The number of nitro groups is 1. The van der Waals surface area contributed by atoms with Gasteiger partial charge in [0.2, 0.25) is 0 Å². The Balaban J connectivity index is 2.36. The summed E-state index contributed by atoms with van der Waals surface area (Å²) in [7, 11) is 0. The highest BCUT2D eigenvalue weighted by molar-refractivity contribution is 7.10. The van der Waals surface area contributed by atoms with Crippen LogP contribution in [0, 0.1) is 28.3 Å². The van der Waals surface area contributed by atoms with Crippen molar-refractivity contribution in [1.29, 1.82) is 0 Å². The standard InChI is InChI=1S/C17H19FN2O3S/c1-10-12(18)8-11(9-13(10)20(22)23)16(21)19-15(17(2,3)4)14-6-5-7-24-14/h5-9,15H,1-4H3,(H,19,21). The topological polar surface area (TPSA) is 72.2 Å². The van der Waals surface area contributed by atoms with Crippen LogP contribution in [0.1, 0.15) is 47.6 Å². The van der Waals surface area contributed by atoms with Gasteiger partial charge >= 0.3 is 0 Å². The fraction of sp³-hybridized carbons (Fsp3) is 0.353. The second kappa shape index (κ2) is 6.68. The summed E-state index contributed by atoms with van der Waals surface area (Å²) in [6.45, 7) is 7.26. The van der Waals surface area contributed by atoms with E-state index in [-0.39, 0.29) is 22.6 Å². The zero-order chi connectivity index (χ0) is 18.1. The van der Waals surface area contributed by atoms with Crippen molar-refractivity contribution in [3.8, 4) is 0 Å². The van der Waals surface area contributed by atoms with Crippen LogP contribution in [0.4, 0.5) is 10.1 Å². The number of nitrogens with zero attached hydrogens (tertiary/aromatic N) is 1. The molecule has 2 aromatic rings. The number of carbonyl (C=O) groups excluding carboxylic acids is 1. The highest BCUT2D eigenvalue weighted by atomic mass is 32.1. The smallest absolute Gasteiger partial charge is 0.276 e. The lowest BCUT2D eigenvalue weighted by atomic mass is 9.85. The van der Waals surface area contributed by atoms with Crippen molar-refractivity contribution >= 4 is 22.9 Å². The number of nitrogens with one attached hydrogen (secondary N) is 1. The molecule has 0 aliphatic rings. The van der Waals surface area contributed by atoms with Gasteiger partial charge in [0, 0.05) is 16.5 Å². The Morgan fingerprint density at radius 1 is 1.38 bits per heavy atom. The second-order valence-corrected chi connectivity index (χ2v) is 7.63. The number of halogens is 1. The molecular weight excluding hydrogens is 331 g/mol. The maximum absolute atomic E-state index is 13.9. The molecule has 128 valence electrons. The molecule has 1 atom stereocenters. The van der Waals surface area contributed by atoms with Gasteiger partial charge in [0.15, 0.2) is 0 Å². The number of amides is 1. The van der Waals surface area contributed by atoms with E-state index >= 15 is 0 Å². The Hall–Kier alpha value is -2.28. The zero-order valence-corrected chi connectivity index (χ0v) is 14.7. The van der Waals surface area contributed by atoms with Gasteiger partial charge in [0.05, 0.1) is 16.5 Å². The largest absolute Gasteiger partial charge is 0.344 e. The van der Waals surface area contributed by atoms with Gasteiger partial charge in [-0.2, -0.15) is 0 Å². The Morgan fingerprint density at radius 2 is 2.04 bits per heavy atom. The minimum absolute atomic E-state index is 0.0596. The summed E-state index contributed by atoms with van der Waals surface area (Å²) in [5, 5.41) is 15.8. The monoisotopic (exact) mass is 350 g/mol. The first-order valence-corrected chi connectivity index (χ1v) is 8.28. The Morgan fingerprint density at radius 3 is 2.54 bits per heavy atom. The van der Waals surface area contributed by atoms with Crippen LogP contribution in [0.2, 0.25) is 0 Å². The molecule has 1 N–H and O–H groups in total. The van der Waals surface area contributed by atoms with Crippen molar-refractivity contribution in [2.24, 2.45) is 5.41 Å². The van der Waals surface area contributed by atoms with Gasteiger partial charge in [-0.3, -0.25) is 14.9 Å². The van der Waals surface area contributed by atoms with Crippen molar-refractivity contribution < 1.29 is 14.1 Å². The van der Waals surface area contributed by atoms with Gasteiger partial charge in [-0.25, -0.2) is 4.39 Å². The van der Waals surface area contributed by atoms with E-state index in [2.05, 4.69) is 5.32 Å². The molecule has 2 rings (SSSR count). The van der Waals surface area contributed by atoms with Crippen LogP contribution < -0.4 is 5.32 Å². The average molecular weight is 350 g/mol. The number of benzene rings is 1. The summed E-state index contributed by atoms with van der Waals surface area (Å²) in [6, 6.07) is 5.67. The molecule has 0 saturated heterocycles. The molecule has 0 fully saturated rings. The van der Waals surface area contributed by atoms with Gasteiger partial charge in [-0.15, -0.1) is 11.3 Å². The molecule has 0 saturated carbocycles. The maximum Gasteiger partial charge on any atom is 0.276 e. The predicted octanol–water partition coefficient (Wildman–Crippen LogP) is 4.62. The van der Waals surface area contributed by atoms with Crippen LogP contribution in [0.15, 0.2) is 29.6 Å². The van der Waals surface area contributed by atoms with E-state index < -0.39 is 22.3 Å². The average Bonchev–Trinajstić information content (AvgIpc) is 2.99. The van der Waals surface area contributed by atoms with Crippen molar-refractivity contribution in [3.05, 3.63) is 61.6 Å². The van der Waals surface area contributed by atoms with E-state index in [0.717, 1.165) is 17.0 Å². The molecule has 24 heavy (non-hydrogen) atoms. The molecule has 0 radical (unpaired) electrons. The summed E-state index contributed by atoms with van der Waals surface area (Å²) in [5.41, 5.74) is -0.809. The van der Waals surface area contributed by atoms with Crippen LogP contribution in [0.25, 0.3) is 0 Å². The van der Waals surface area contributed by atoms with Crippen molar-refractivity contribution in [3.63, 3.8) is 0 Å². The minimum atomic E-state index is -0.766. The van der Waals surface area contributed by atoms with Crippen LogP contribution in [0.3, 0.4) is 0 Å². The van der Waals surface area contributed by atoms with Gasteiger partial charge in [0.25, 0.3) is 11.6 Å². The van der Waals surface area contributed by atoms with E-state index in [0.29, 0.717) is 0 Å². The van der Waals surface area contributed by atoms with Gasteiger partial charge in [0.1, 0.15) is 5.82 Å². The van der Waals surface area contributed by atoms with Crippen LogP contribution in [-0.2, 0) is 0 Å². The number of carbonyl (C=O) groups is 1. The third-order valence-corrected chi connectivity index (χ3v) is 4.68. The molecule has 1 aromatic heterocycles. The summed E-state index contributed by atoms with van der Waals surface area (Å²) < 4.78 is 13.9. The third-order valence-electron chi connectivity index (χ3n) is 3.74. The molecule has 0 aliphatic heterocycles. The molecular formula is C17H19FN2O3S. The quantitative estimate of drug-likeness (QED) is 0.646. The van der Waals surface area contributed by atoms with Gasteiger partial charge in [-0.1, -0.05) is 26.8 Å². The fourth-order valence-electron chi connectivity index (χ4n) is 2.37. The molecule has 5 nitrogen and oxygen atoms in total. The molecule has 1 amide bonds. The van der Waals surface area contributed by atoms with E-state index in [9.17, 15) is 19.3 Å². The van der Waals surface area contributed by atoms with Crippen LogP contribution >= 0.6 is 11.3 Å². The van der Waals surface area contributed by atoms with Crippen molar-refractivity contribution in [1.82, 2.24) is 5.32 Å². The lowest BCUT2D eigenvalue weighted by molar-refractivity contribution is -0.385. The summed E-state index contributed by atoms with van der Waals surface area (Å²) in [6.07, 6.45) is 0. The Bertz CT molecular complexity index is 767. The minimum Gasteiger partial charge on any atom is -0.344 e. The Kier molecular flexibility index (Phi) is 5.03. The number of thiophene rings is 1. The van der Waals surface area contributed by atoms with E-state index in [1.54, 1.807) is 0 Å². The number of rotatable bonds is 4. The molecule has 0 spiro atoms. The fourth-order valence-corrected chi connectivity index (χ4v) is 3.39. The lowest BCUT2D eigenvalue weighted by Gasteiger charge is -2.30. The van der Waals surface area contributed by atoms with E-state index in [1.165, 1.54) is 18.3 Å². The zero-order valence-electron chi connectivity index (χ0n) is 13.9. The Labute approximate surface area is 143 Å². The first-order chi connectivity index (χ1) is 11.1. The highest BCUT2D eigenvalue weighted by Crippen LogP contribution is 2.35. The summed E-state index contributed by atoms with van der Waals surface area (Å²) in [5.74, 6) is -1.30. The van der Waals surface area contributed by atoms with Gasteiger partial charge < -0.3 is 5.32 Å². The van der Waals surface area contributed by atoms with Gasteiger partial charge in [-0.05, 0) is 29.9 Å². The second-order valence-electron chi connectivity index (χ2n) is 6.65. The number of hydrogen-bond acceptors (Lipinski definition) is 4. The summed E-state index contributed by atoms with van der Waals surface area (Å²) >= 11 is 1.51.